The SMILES string of the molecule is Cc1ccc(C2=C(C=C(c3ccccc3)c3ccccc3)Cc3cc(C)ccc32)cc1. The predicted molar refractivity (Wildman–Crippen MR) is 132 cm³/mol. The molecular weight excluding hydrogens is 372 g/mol. The van der Waals surface area contributed by atoms with Gasteiger partial charge in [-0.05, 0) is 70.9 Å². The molecule has 0 bridgehead atoms. The van der Waals surface area contributed by atoms with Crippen molar-refractivity contribution >= 4 is 11.1 Å². The second-order valence-electron chi connectivity index (χ2n) is 8.39. The molecule has 150 valence electrons. The van der Waals surface area contributed by atoms with E-state index in [0.29, 0.717) is 0 Å². The third-order valence-corrected chi connectivity index (χ3v) is 6.06. The highest BCUT2D eigenvalue weighted by Gasteiger charge is 2.22. The highest BCUT2D eigenvalue weighted by molar-refractivity contribution is 5.92. The van der Waals surface area contributed by atoms with Gasteiger partial charge in [-0.3, -0.25) is 0 Å². The molecule has 0 atom stereocenters. The van der Waals surface area contributed by atoms with Gasteiger partial charge in [0, 0.05) is 0 Å². The fourth-order valence-corrected chi connectivity index (χ4v) is 4.51. The molecule has 0 aromatic heterocycles. The van der Waals surface area contributed by atoms with Crippen molar-refractivity contribution in [2.45, 2.75) is 20.3 Å². The zero-order valence-corrected chi connectivity index (χ0v) is 18.1. The van der Waals surface area contributed by atoms with Crippen molar-refractivity contribution in [3.8, 4) is 0 Å². The van der Waals surface area contributed by atoms with Crippen LogP contribution in [0.3, 0.4) is 0 Å². The smallest absolute Gasteiger partial charge is 0.00129 e. The van der Waals surface area contributed by atoms with E-state index in [2.05, 4.69) is 123 Å². The van der Waals surface area contributed by atoms with E-state index in [4.69, 9.17) is 0 Å². The van der Waals surface area contributed by atoms with Gasteiger partial charge < -0.3 is 0 Å². The molecule has 0 saturated heterocycles. The van der Waals surface area contributed by atoms with Crippen molar-refractivity contribution in [3.63, 3.8) is 0 Å². The summed E-state index contributed by atoms with van der Waals surface area (Å²) < 4.78 is 0. The van der Waals surface area contributed by atoms with Crippen LogP contribution in [0.2, 0.25) is 0 Å². The summed E-state index contributed by atoms with van der Waals surface area (Å²) in [5.74, 6) is 0. The summed E-state index contributed by atoms with van der Waals surface area (Å²) in [6.45, 7) is 4.33. The van der Waals surface area contributed by atoms with Gasteiger partial charge in [-0.2, -0.15) is 0 Å². The van der Waals surface area contributed by atoms with Crippen LogP contribution in [-0.2, 0) is 6.42 Å². The zero-order chi connectivity index (χ0) is 21.2. The Morgan fingerprint density at radius 2 is 1.23 bits per heavy atom. The Morgan fingerprint density at radius 1 is 0.645 bits per heavy atom. The van der Waals surface area contributed by atoms with Crippen molar-refractivity contribution in [3.05, 3.63) is 154 Å². The standard InChI is InChI=1S/C31H26/c1-22-13-16-26(17-14-22)31-28(20-27-19-23(2)15-18-29(27)31)21-30(24-9-5-3-6-10-24)25-11-7-4-8-12-25/h3-19,21H,20H2,1-2H3. The average Bonchev–Trinajstić information content (AvgIpc) is 3.16. The van der Waals surface area contributed by atoms with Gasteiger partial charge in [-0.25, -0.2) is 0 Å². The van der Waals surface area contributed by atoms with Gasteiger partial charge in [-0.15, -0.1) is 0 Å². The van der Waals surface area contributed by atoms with E-state index in [9.17, 15) is 0 Å². The van der Waals surface area contributed by atoms with Gasteiger partial charge >= 0.3 is 0 Å². The molecule has 1 aliphatic carbocycles. The van der Waals surface area contributed by atoms with E-state index in [1.54, 1.807) is 0 Å². The van der Waals surface area contributed by atoms with E-state index < -0.39 is 0 Å². The molecule has 4 aromatic rings. The van der Waals surface area contributed by atoms with Crippen LogP contribution in [0.25, 0.3) is 11.1 Å². The summed E-state index contributed by atoms with van der Waals surface area (Å²) in [6, 6.07) is 37.3. The Labute approximate surface area is 185 Å². The molecule has 0 fully saturated rings. The predicted octanol–water partition coefficient (Wildman–Crippen LogP) is 7.79. The van der Waals surface area contributed by atoms with Gasteiger partial charge in [0.25, 0.3) is 0 Å². The average molecular weight is 399 g/mol. The minimum atomic E-state index is 0.962. The van der Waals surface area contributed by atoms with E-state index in [1.165, 1.54) is 55.7 Å². The maximum absolute atomic E-state index is 2.41. The first kappa shape index (κ1) is 19.3. The normalized spacial score (nSPS) is 12.6. The molecule has 1 aliphatic rings. The Bertz CT molecular complexity index is 1230. The molecule has 5 rings (SSSR count). The summed E-state index contributed by atoms with van der Waals surface area (Å²) in [5, 5.41) is 0. The largest absolute Gasteiger partial charge is 0.0622 e. The van der Waals surface area contributed by atoms with Gasteiger partial charge in [0.05, 0.1) is 0 Å². The summed E-state index contributed by atoms with van der Waals surface area (Å²) in [4.78, 5) is 0. The first-order chi connectivity index (χ1) is 15.2. The highest BCUT2D eigenvalue weighted by Crippen LogP contribution is 2.40. The van der Waals surface area contributed by atoms with E-state index >= 15 is 0 Å². The van der Waals surface area contributed by atoms with Crippen molar-refractivity contribution < 1.29 is 0 Å². The first-order valence-corrected chi connectivity index (χ1v) is 10.9. The van der Waals surface area contributed by atoms with Crippen LogP contribution in [0.4, 0.5) is 0 Å². The second kappa shape index (κ2) is 8.24. The molecule has 0 radical (unpaired) electrons. The highest BCUT2D eigenvalue weighted by atomic mass is 14.3. The number of fused-ring (bicyclic) bond motifs is 1. The summed E-state index contributed by atoms with van der Waals surface area (Å²) in [6.07, 6.45) is 3.37. The summed E-state index contributed by atoms with van der Waals surface area (Å²) >= 11 is 0. The lowest BCUT2D eigenvalue weighted by Gasteiger charge is -2.12. The topological polar surface area (TPSA) is 0 Å². The molecular formula is C31H26. The molecule has 4 aromatic carbocycles. The molecule has 0 aliphatic heterocycles. The molecule has 0 amide bonds. The fraction of sp³-hybridized carbons (Fsp3) is 0.0968. The maximum atomic E-state index is 2.41. The summed E-state index contributed by atoms with van der Waals surface area (Å²) in [7, 11) is 0. The second-order valence-corrected chi connectivity index (χ2v) is 8.39. The number of allylic oxidation sites excluding steroid dienone is 2. The van der Waals surface area contributed by atoms with E-state index in [-0.39, 0.29) is 0 Å². The van der Waals surface area contributed by atoms with E-state index in [1.807, 2.05) is 0 Å². The summed E-state index contributed by atoms with van der Waals surface area (Å²) in [5.41, 5.74) is 13.2. The van der Waals surface area contributed by atoms with Gasteiger partial charge in [0.1, 0.15) is 0 Å². The van der Waals surface area contributed by atoms with Crippen molar-refractivity contribution in [1.82, 2.24) is 0 Å². The first-order valence-electron chi connectivity index (χ1n) is 10.9. The number of benzene rings is 4. The third-order valence-electron chi connectivity index (χ3n) is 6.06. The minimum absolute atomic E-state index is 0.962. The minimum Gasteiger partial charge on any atom is -0.0622 e. The van der Waals surface area contributed by atoms with Crippen molar-refractivity contribution in [2.75, 3.05) is 0 Å². The Morgan fingerprint density at radius 3 is 1.84 bits per heavy atom. The lowest BCUT2D eigenvalue weighted by Crippen LogP contribution is -1.92. The lowest BCUT2D eigenvalue weighted by atomic mass is 9.92. The number of aryl methyl sites for hydroxylation is 2. The molecule has 0 unspecified atom stereocenters. The Hall–Kier alpha value is -3.64. The van der Waals surface area contributed by atoms with Crippen molar-refractivity contribution in [2.24, 2.45) is 0 Å². The molecule has 0 saturated carbocycles. The van der Waals surface area contributed by atoms with Crippen LogP contribution in [0.15, 0.2) is 115 Å². The van der Waals surface area contributed by atoms with Crippen molar-refractivity contribution in [1.29, 1.82) is 0 Å². The van der Waals surface area contributed by atoms with Gasteiger partial charge in [0.15, 0.2) is 0 Å². The molecule has 31 heavy (non-hydrogen) atoms. The van der Waals surface area contributed by atoms with Crippen LogP contribution >= 0.6 is 0 Å². The van der Waals surface area contributed by atoms with Crippen LogP contribution in [0.1, 0.15) is 38.9 Å². The molecule has 0 spiro atoms. The number of hydrogen-bond acceptors (Lipinski definition) is 0. The monoisotopic (exact) mass is 398 g/mol. The van der Waals surface area contributed by atoms with Gasteiger partial charge in [0.2, 0.25) is 0 Å². The van der Waals surface area contributed by atoms with E-state index in [0.717, 1.165) is 6.42 Å². The third kappa shape index (κ3) is 3.90. The zero-order valence-electron chi connectivity index (χ0n) is 18.1. The number of hydrogen-bond donors (Lipinski definition) is 0. The lowest BCUT2D eigenvalue weighted by molar-refractivity contribution is 1.23. The molecule has 0 N–H and O–H groups in total. The maximum Gasteiger partial charge on any atom is -0.00129 e. The quantitative estimate of drug-likeness (QED) is 0.329. The molecule has 0 heterocycles. The van der Waals surface area contributed by atoms with Gasteiger partial charge in [-0.1, -0.05) is 114 Å². The van der Waals surface area contributed by atoms with Crippen LogP contribution in [-0.4, -0.2) is 0 Å². The van der Waals surface area contributed by atoms with Crippen LogP contribution in [0.5, 0.6) is 0 Å². The molecule has 0 nitrogen and oxygen atoms in total. The Balaban J connectivity index is 1.74. The van der Waals surface area contributed by atoms with Crippen LogP contribution < -0.4 is 0 Å². The van der Waals surface area contributed by atoms with Crippen LogP contribution in [0, 0.1) is 13.8 Å². The Kier molecular flexibility index (Phi) is 5.14. The molecule has 0 heteroatoms. The fourth-order valence-electron chi connectivity index (χ4n) is 4.51. The number of rotatable bonds is 4.